The molecule has 1 atom stereocenters. The number of amides is 1. The molecular formula is C41H42Cl2N8O10S2. The van der Waals surface area contributed by atoms with Crippen LogP contribution in [0.15, 0.2) is 132 Å². The number of hydrogen-bond acceptors (Lipinski definition) is 12. The molecule has 22 heteroatoms. The Labute approximate surface area is 373 Å². The summed E-state index contributed by atoms with van der Waals surface area (Å²) in [5.41, 5.74) is 2.85. The van der Waals surface area contributed by atoms with Gasteiger partial charge in [0.2, 0.25) is 0 Å². The van der Waals surface area contributed by atoms with Gasteiger partial charge in [-0.1, -0.05) is 44.0 Å². The van der Waals surface area contributed by atoms with Gasteiger partial charge in [-0.05, 0) is 90.7 Å². The Balaban J connectivity index is 0.000000241. The van der Waals surface area contributed by atoms with E-state index >= 15 is 0 Å². The summed E-state index contributed by atoms with van der Waals surface area (Å²) < 4.78 is 55.1. The highest BCUT2D eigenvalue weighted by atomic mass is 35.5. The average Bonchev–Trinajstić information content (AvgIpc) is 3.87. The standard InChI is InChI=1S/C21H23ClN4O4S.C16H15ClN4O2S.C4H4O4/c1-21(2,3)18(25-20(27)28)11-14-10-17(16-7-5-9-24-19(16)22)26(13-14)31(29,30)15-6-4-8-23-12-15;1-18-9-12-8-15(14-5-3-7-20-16(14)17)21(11-12)24(22,23)13-4-2-6-19-10-13;5-3(6)1-2-4(7)8/h4-10,12-13,18,25H,11H2,1-3H3,(H,27,28);2-8,10-11,18H,9H2,1H3;1-2H,(H,5,6)(H,7,8). The number of nitrogens with zero attached hydrogens (tertiary/aromatic N) is 6. The van der Waals surface area contributed by atoms with Crippen molar-refractivity contribution in [2.75, 3.05) is 7.05 Å². The third kappa shape index (κ3) is 13.3. The first-order valence-electron chi connectivity index (χ1n) is 18.4. The van der Waals surface area contributed by atoms with Gasteiger partial charge in [0, 0.05) is 85.4 Å². The van der Waals surface area contributed by atoms with Gasteiger partial charge in [-0.3, -0.25) is 9.97 Å². The minimum Gasteiger partial charge on any atom is -0.478 e. The second-order valence-electron chi connectivity index (χ2n) is 14.2. The number of hydrogen-bond donors (Lipinski definition) is 5. The van der Waals surface area contributed by atoms with Gasteiger partial charge < -0.3 is 26.0 Å². The number of aromatic nitrogens is 6. The SMILES string of the molecule is CC(C)(C)C(Cc1cc(-c2cccnc2Cl)n(S(=O)(=O)c2cccnc2)c1)NC(=O)O.CNCc1cc(-c2cccnc2Cl)n(S(=O)(=O)c2cccnc2)c1.O=C(O)C=CC(=O)O. The zero-order chi connectivity index (χ0) is 46.5. The van der Waals surface area contributed by atoms with Gasteiger partial charge in [0.15, 0.2) is 0 Å². The molecule has 0 radical (unpaired) electrons. The van der Waals surface area contributed by atoms with Crippen molar-refractivity contribution in [3.63, 3.8) is 0 Å². The second-order valence-corrected chi connectivity index (χ2v) is 18.6. The van der Waals surface area contributed by atoms with E-state index in [0.29, 0.717) is 46.8 Å². The summed E-state index contributed by atoms with van der Waals surface area (Å²) >= 11 is 12.4. The highest BCUT2D eigenvalue weighted by Crippen LogP contribution is 2.33. The first kappa shape index (κ1) is 49.2. The first-order chi connectivity index (χ1) is 29.7. The van der Waals surface area contributed by atoms with Gasteiger partial charge in [0.25, 0.3) is 20.0 Å². The van der Waals surface area contributed by atoms with Crippen LogP contribution in [0, 0.1) is 5.41 Å². The van der Waals surface area contributed by atoms with Crippen molar-refractivity contribution in [3.05, 3.63) is 144 Å². The monoisotopic (exact) mass is 940 g/mol. The molecule has 0 bridgehead atoms. The summed E-state index contributed by atoms with van der Waals surface area (Å²) in [6, 6.07) is 15.9. The van der Waals surface area contributed by atoms with E-state index in [2.05, 4.69) is 30.6 Å². The Morgan fingerprint density at radius 1 is 0.714 bits per heavy atom. The van der Waals surface area contributed by atoms with Gasteiger partial charge in [-0.25, -0.2) is 49.1 Å². The lowest BCUT2D eigenvalue weighted by Gasteiger charge is -2.30. The molecule has 0 spiro atoms. The van der Waals surface area contributed by atoms with Crippen LogP contribution in [0.1, 0.15) is 31.9 Å². The van der Waals surface area contributed by atoms with Crippen molar-refractivity contribution in [1.29, 1.82) is 0 Å². The quantitative estimate of drug-likeness (QED) is 0.0626. The summed E-state index contributed by atoms with van der Waals surface area (Å²) in [7, 11) is -5.97. The molecule has 0 aliphatic rings. The second kappa shape index (κ2) is 21.6. The number of nitrogens with one attached hydrogen (secondary N) is 2. The van der Waals surface area contributed by atoms with Crippen LogP contribution >= 0.6 is 23.2 Å². The number of pyridine rings is 4. The van der Waals surface area contributed by atoms with Crippen molar-refractivity contribution in [2.45, 2.75) is 49.6 Å². The number of aliphatic carboxylic acids is 2. The van der Waals surface area contributed by atoms with Gasteiger partial charge in [-0.2, -0.15) is 0 Å². The van der Waals surface area contributed by atoms with Crippen LogP contribution in [-0.2, 0) is 42.6 Å². The molecule has 0 saturated heterocycles. The fourth-order valence-corrected chi connectivity index (χ4v) is 8.82. The predicted octanol–water partition coefficient (Wildman–Crippen LogP) is 6.33. The van der Waals surface area contributed by atoms with Crippen LogP contribution in [0.5, 0.6) is 0 Å². The van der Waals surface area contributed by atoms with Crippen LogP contribution in [0.3, 0.4) is 0 Å². The lowest BCUT2D eigenvalue weighted by Crippen LogP contribution is -2.44. The van der Waals surface area contributed by atoms with Crippen LogP contribution in [-0.4, -0.2) is 91.2 Å². The largest absolute Gasteiger partial charge is 0.478 e. The van der Waals surface area contributed by atoms with E-state index in [-0.39, 0.29) is 26.5 Å². The minimum absolute atomic E-state index is 0.0226. The number of halogens is 2. The molecule has 18 nitrogen and oxygen atoms in total. The van der Waals surface area contributed by atoms with Crippen LogP contribution in [0.25, 0.3) is 22.5 Å². The molecule has 63 heavy (non-hydrogen) atoms. The maximum absolute atomic E-state index is 13.4. The van der Waals surface area contributed by atoms with Crippen molar-refractivity contribution in [3.8, 4) is 22.5 Å². The van der Waals surface area contributed by atoms with Gasteiger partial charge in [0.05, 0.1) is 11.4 Å². The third-order valence-corrected chi connectivity index (χ3v) is 12.6. The van der Waals surface area contributed by atoms with E-state index < -0.39 is 49.5 Å². The molecule has 0 fully saturated rings. The van der Waals surface area contributed by atoms with Gasteiger partial charge >= 0.3 is 18.0 Å². The number of rotatable bonds is 13. The number of carboxylic acids is 2. The molecule has 0 aliphatic heterocycles. The molecule has 0 aliphatic carbocycles. The molecule has 332 valence electrons. The molecule has 0 aromatic carbocycles. The minimum atomic E-state index is -3.98. The third-order valence-electron chi connectivity index (χ3n) is 8.67. The Bertz CT molecular complexity index is 2780. The zero-order valence-electron chi connectivity index (χ0n) is 34.0. The zero-order valence-corrected chi connectivity index (χ0v) is 37.1. The van der Waals surface area contributed by atoms with Crippen molar-refractivity contribution in [1.82, 2.24) is 38.5 Å². The average molecular weight is 942 g/mol. The van der Waals surface area contributed by atoms with E-state index in [1.807, 2.05) is 20.8 Å². The van der Waals surface area contributed by atoms with E-state index in [1.54, 1.807) is 68.0 Å². The van der Waals surface area contributed by atoms with Crippen LogP contribution in [0.2, 0.25) is 10.3 Å². The molecule has 6 heterocycles. The van der Waals surface area contributed by atoms with E-state index in [4.69, 9.17) is 33.4 Å². The van der Waals surface area contributed by atoms with E-state index in [0.717, 1.165) is 9.54 Å². The molecule has 1 amide bonds. The Hall–Kier alpha value is -6.45. The van der Waals surface area contributed by atoms with Gasteiger partial charge in [0.1, 0.15) is 20.1 Å². The fraction of sp³-hybridized carbons (Fsp3) is 0.195. The summed E-state index contributed by atoms with van der Waals surface area (Å²) in [4.78, 5) is 46.4. The highest BCUT2D eigenvalue weighted by Gasteiger charge is 2.29. The van der Waals surface area contributed by atoms with Gasteiger partial charge in [-0.15, -0.1) is 0 Å². The van der Waals surface area contributed by atoms with E-state index in [1.165, 1.54) is 53.3 Å². The summed E-state index contributed by atoms with van der Waals surface area (Å²) in [6.07, 6.45) is 12.0. The van der Waals surface area contributed by atoms with Crippen LogP contribution < -0.4 is 10.6 Å². The molecular weight excluding hydrogens is 900 g/mol. The first-order valence-corrected chi connectivity index (χ1v) is 22.0. The topological polar surface area (TPSA) is 266 Å². The summed E-state index contributed by atoms with van der Waals surface area (Å²) in [5.74, 6) is -2.51. The lowest BCUT2D eigenvalue weighted by molar-refractivity contribution is -0.134. The highest BCUT2D eigenvalue weighted by molar-refractivity contribution is 7.90. The summed E-state index contributed by atoms with van der Waals surface area (Å²) in [5, 5.41) is 30.8. The lowest BCUT2D eigenvalue weighted by atomic mass is 9.83. The predicted molar refractivity (Wildman–Crippen MR) is 234 cm³/mol. The molecule has 0 saturated carbocycles. The Morgan fingerprint density at radius 3 is 1.51 bits per heavy atom. The molecule has 6 aromatic rings. The van der Waals surface area contributed by atoms with Crippen LogP contribution in [0.4, 0.5) is 4.79 Å². The summed E-state index contributed by atoms with van der Waals surface area (Å²) in [6.45, 7) is 6.27. The molecule has 6 rings (SSSR count). The molecule has 5 N–H and O–H groups in total. The van der Waals surface area contributed by atoms with Crippen molar-refractivity contribution >= 4 is 61.3 Å². The van der Waals surface area contributed by atoms with E-state index in [9.17, 15) is 36.3 Å². The molecule has 1 unspecified atom stereocenters. The Morgan fingerprint density at radius 2 is 1.14 bits per heavy atom. The fourth-order valence-electron chi connectivity index (χ4n) is 5.68. The Kier molecular flexibility index (Phi) is 16.8. The normalized spacial score (nSPS) is 12.0. The molecule has 6 aromatic heterocycles. The van der Waals surface area contributed by atoms with Crippen molar-refractivity contribution < 1.29 is 46.5 Å². The maximum Gasteiger partial charge on any atom is 0.404 e. The number of carbonyl (C=O) groups is 3. The smallest absolute Gasteiger partial charge is 0.404 e. The maximum atomic E-state index is 13.4. The van der Waals surface area contributed by atoms with Crippen molar-refractivity contribution in [2.24, 2.45) is 5.41 Å². The number of carboxylic acid groups (broad SMARTS) is 3.